The molecule has 1 aromatic rings. The highest BCUT2D eigenvalue weighted by Crippen LogP contribution is 2.22. The lowest BCUT2D eigenvalue weighted by Gasteiger charge is -2.19. The topological polar surface area (TPSA) is 0 Å². The van der Waals surface area contributed by atoms with Gasteiger partial charge in [-0.25, -0.2) is 0 Å². The van der Waals surface area contributed by atoms with Gasteiger partial charge in [-0.15, -0.1) is 9.24 Å². The Balaban J connectivity index is 3.17. The molecule has 0 saturated heterocycles. The summed E-state index contributed by atoms with van der Waals surface area (Å²) in [5.41, 5.74) is 2.78. The van der Waals surface area contributed by atoms with Crippen LogP contribution < -0.4 is 5.30 Å². The van der Waals surface area contributed by atoms with Gasteiger partial charge >= 0.3 is 0 Å². The maximum atomic E-state index is 3.77. The van der Waals surface area contributed by atoms with Gasteiger partial charge in [-0.1, -0.05) is 51.6 Å². The molecule has 0 aliphatic rings. The molecule has 0 spiro atoms. The van der Waals surface area contributed by atoms with Crippen molar-refractivity contribution < 1.29 is 0 Å². The first-order valence-electron chi connectivity index (χ1n) is 4.47. The van der Waals surface area contributed by atoms with Crippen molar-refractivity contribution in [3.05, 3.63) is 35.9 Å². The van der Waals surface area contributed by atoms with Gasteiger partial charge in [-0.3, -0.25) is 0 Å². The van der Waals surface area contributed by atoms with Crippen LogP contribution in [0, 0.1) is 0 Å². The van der Waals surface area contributed by atoms with Crippen molar-refractivity contribution in [1.82, 2.24) is 0 Å². The van der Waals surface area contributed by atoms with Crippen LogP contribution in [-0.4, -0.2) is 0 Å². The molecule has 0 nitrogen and oxygen atoms in total. The molecule has 0 N–H and O–H groups in total. The Labute approximate surface area is 83.3 Å². The molecule has 1 atom stereocenters. The van der Waals surface area contributed by atoms with E-state index in [0.717, 1.165) is 0 Å². The van der Waals surface area contributed by atoms with Gasteiger partial charge in [-0.05, 0) is 21.8 Å². The van der Waals surface area contributed by atoms with Crippen LogP contribution in [0.5, 0.6) is 0 Å². The zero-order chi connectivity index (χ0) is 10.1. The third-order valence-electron chi connectivity index (χ3n) is 2.17. The highest BCUT2D eigenvalue weighted by molar-refractivity contribution is 7.27. The van der Waals surface area contributed by atoms with E-state index in [4.69, 9.17) is 0 Å². The van der Waals surface area contributed by atoms with Crippen LogP contribution in [-0.2, 0) is 5.41 Å². The fourth-order valence-corrected chi connectivity index (χ4v) is 1.62. The minimum Gasteiger partial charge on any atom is -0.105 e. The van der Waals surface area contributed by atoms with Crippen LogP contribution in [0.2, 0.25) is 0 Å². The van der Waals surface area contributed by atoms with Crippen LogP contribution in [0.4, 0.5) is 0 Å². The largest absolute Gasteiger partial charge is 0.105 e. The van der Waals surface area contributed by atoms with Crippen molar-refractivity contribution in [2.45, 2.75) is 26.2 Å². The summed E-state index contributed by atoms with van der Waals surface area (Å²) in [4.78, 5) is 0. The summed E-state index contributed by atoms with van der Waals surface area (Å²) in [6.07, 6.45) is 1.88. The molecular weight excluding hydrogens is 175 g/mol. The SMILES string of the molecule is C=Cc1ccc(C(C)(C)C)cc1P. The predicted octanol–water partition coefficient (Wildman–Crippen LogP) is 3.13. The molecule has 0 fully saturated rings. The van der Waals surface area contributed by atoms with Crippen LogP contribution >= 0.6 is 9.24 Å². The second kappa shape index (κ2) is 3.64. The van der Waals surface area contributed by atoms with Gasteiger partial charge in [0.05, 0.1) is 0 Å². The molecule has 13 heavy (non-hydrogen) atoms. The molecule has 1 heteroatoms. The van der Waals surface area contributed by atoms with Gasteiger partial charge < -0.3 is 0 Å². The normalized spacial score (nSPS) is 11.4. The van der Waals surface area contributed by atoms with Crippen molar-refractivity contribution in [2.24, 2.45) is 0 Å². The van der Waals surface area contributed by atoms with Crippen LogP contribution in [0.25, 0.3) is 6.08 Å². The lowest BCUT2D eigenvalue weighted by atomic mass is 9.86. The fraction of sp³-hybridized carbons (Fsp3) is 0.333. The molecule has 0 amide bonds. The van der Waals surface area contributed by atoms with Crippen molar-refractivity contribution in [3.8, 4) is 0 Å². The molecule has 70 valence electrons. The zero-order valence-corrected chi connectivity index (χ0v) is 9.75. The van der Waals surface area contributed by atoms with Gasteiger partial charge in [-0.2, -0.15) is 0 Å². The molecule has 0 aliphatic carbocycles. The predicted molar refractivity (Wildman–Crippen MR) is 64.6 cm³/mol. The van der Waals surface area contributed by atoms with Crippen molar-refractivity contribution in [1.29, 1.82) is 0 Å². The lowest BCUT2D eigenvalue weighted by molar-refractivity contribution is 0.591. The Morgan fingerprint density at radius 3 is 2.31 bits per heavy atom. The molecule has 0 saturated carbocycles. The second-order valence-corrected chi connectivity index (χ2v) is 4.92. The van der Waals surface area contributed by atoms with E-state index in [0.29, 0.717) is 0 Å². The Kier molecular flexibility index (Phi) is 2.93. The minimum atomic E-state index is 0.227. The summed E-state index contributed by atoms with van der Waals surface area (Å²) >= 11 is 0. The van der Waals surface area contributed by atoms with E-state index in [2.05, 4.69) is 54.8 Å². The van der Waals surface area contributed by atoms with E-state index < -0.39 is 0 Å². The van der Waals surface area contributed by atoms with E-state index in [9.17, 15) is 0 Å². The summed E-state index contributed by atoms with van der Waals surface area (Å²) in [6.45, 7) is 10.4. The fourth-order valence-electron chi connectivity index (χ4n) is 1.23. The first-order valence-corrected chi connectivity index (χ1v) is 5.05. The van der Waals surface area contributed by atoms with Crippen LogP contribution in [0.3, 0.4) is 0 Å². The number of hydrogen-bond donors (Lipinski definition) is 0. The summed E-state index contributed by atoms with van der Waals surface area (Å²) in [7, 11) is 2.75. The van der Waals surface area contributed by atoms with E-state index >= 15 is 0 Å². The second-order valence-electron chi connectivity index (χ2n) is 4.30. The smallest absolute Gasteiger partial charge is 0.0132 e. The molecule has 1 rings (SSSR count). The monoisotopic (exact) mass is 192 g/mol. The highest BCUT2D eigenvalue weighted by atomic mass is 31.0. The lowest BCUT2D eigenvalue weighted by Crippen LogP contribution is -2.13. The summed E-state index contributed by atoms with van der Waals surface area (Å²) < 4.78 is 0. The highest BCUT2D eigenvalue weighted by Gasteiger charge is 2.13. The quantitative estimate of drug-likeness (QED) is 0.600. The average molecular weight is 192 g/mol. The Hall–Kier alpha value is -0.610. The van der Waals surface area contributed by atoms with Crippen molar-refractivity contribution in [3.63, 3.8) is 0 Å². The van der Waals surface area contributed by atoms with Gasteiger partial charge in [0.2, 0.25) is 0 Å². The van der Waals surface area contributed by atoms with E-state index in [-0.39, 0.29) is 5.41 Å². The van der Waals surface area contributed by atoms with Gasteiger partial charge in [0.25, 0.3) is 0 Å². The van der Waals surface area contributed by atoms with E-state index in [1.807, 2.05) is 6.08 Å². The molecule has 0 heterocycles. The van der Waals surface area contributed by atoms with E-state index in [1.54, 1.807) is 0 Å². The maximum absolute atomic E-state index is 3.77. The average Bonchev–Trinajstić information content (AvgIpc) is 2.02. The Bertz CT molecular complexity index is 318. The first kappa shape index (κ1) is 10.5. The summed E-state index contributed by atoms with van der Waals surface area (Å²) in [5, 5.41) is 1.22. The Morgan fingerprint density at radius 2 is 1.92 bits per heavy atom. The molecule has 0 aliphatic heterocycles. The molecule has 1 aromatic carbocycles. The van der Waals surface area contributed by atoms with Crippen molar-refractivity contribution >= 4 is 20.6 Å². The third-order valence-corrected chi connectivity index (χ3v) is 2.67. The number of rotatable bonds is 1. The van der Waals surface area contributed by atoms with Crippen molar-refractivity contribution in [2.75, 3.05) is 0 Å². The van der Waals surface area contributed by atoms with Gasteiger partial charge in [0.1, 0.15) is 0 Å². The maximum Gasteiger partial charge on any atom is -0.0132 e. The van der Waals surface area contributed by atoms with Gasteiger partial charge in [0, 0.05) is 0 Å². The van der Waals surface area contributed by atoms with E-state index in [1.165, 1.54) is 16.4 Å². The molecule has 0 aromatic heterocycles. The molecule has 0 bridgehead atoms. The summed E-state index contributed by atoms with van der Waals surface area (Å²) in [5.74, 6) is 0. The van der Waals surface area contributed by atoms with Gasteiger partial charge in [0.15, 0.2) is 0 Å². The third kappa shape index (κ3) is 2.42. The Morgan fingerprint density at radius 1 is 1.31 bits per heavy atom. The molecule has 1 unspecified atom stereocenters. The number of hydrogen-bond acceptors (Lipinski definition) is 0. The molecular formula is C12H17P. The zero-order valence-electron chi connectivity index (χ0n) is 8.59. The standard InChI is InChI=1S/C12H17P/c1-5-9-6-7-10(8-11(9)13)12(2,3)4/h5-8H,1,13H2,2-4H3. The van der Waals surface area contributed by atoms with Crippen LogP contribution in [0.15, 0.2) is 24.8 Å². The summed E-state index contributed by atoms with van der Waals surface area (Å²) in [6, 6.07) is 6.50. The molecule has 0 radical (unpaired) electrons. The first-order chi connectivity index (χ1) is 5.95. The van der Waals surface area contributed by atoms with Crippen LogP contribution in [0.1, 0.15) is 31.9 Å². The minimum absolute atomic E-state index is 0.227. The number of benzene rings is 1.